The van der Waals surface area contributed by atoms with Gasteiger partial charge in [0.2, 0.25) is 21.8 Å². The number of ketones is 2. The predicted octanol–water partition coefficient (Wildman–Crippen LogP) is 8.58. The predicted molar refractivity (Wildman–Crippen MR) is 289 cm³/mol. The first-order chi connectivity index (χ1) is 36.7. The molecule has 18 nitrogen and oxygen atoms in total. The summed E-state index contributed by atoms with van der Waals surface area (Å²) in [5.74, 6) is -4.39. The highest BCUT2D eigenvalue weighted by atomic mass is 32.2. The number of benzene rings is 5. The van der Waals surface area contributed by atoms with Gasteiger partial charge in [-0.3, -0.25) is 33.9 Å². The highest BCUT2D eigenvalue weighted by Gasteiger charge is 2.34. The molecule has 19 heteroatoms. The van der Waals surface area contributed by atoms with Gasteiger partial charge >= 0.3 is 12.2 Å². The van der Waals surface area contributed by atoms with Gasteiger partial charge in [-0.2, -0.15) is 0 Å². The Morgan fingerprint density at radius 3 is 2.00 bits per heavy atom. The lowest BCUT2D eigenvalue weighted by atomic mass is 9.88. The molecule has 1 aliphatic rings. The number of sulfonamides is 1. The third kappa shape index (κ3) is 14.5. The van der Waals surface area contributed by atoms with Gasteiger partial charge in [0.15, 0.2) is 16.5 Å². The fraction of sp³-hybridized carbons (Fsp3) is 0.345. The summed E-state index contributed by atoms with van der Waals surface area (Å²) in [7, 11) is -2.82. The van der Waals surface area contributed by atoms with Gasteiger partial charge in [0.1, 0.15) is 12.2 Å². The maximum atomic E-state index is 14.9. The monoisotopic (exact) mass is 1070 g/mol. The fourth-order valence-corrected chi connectivity index (χ4v) is 10.9. The molecular formula is C58H64N6O12S. The molecular weight excluding hydrogens is 1000 g/mol. The number of nitro groups is 1. The van der Waals surface area contributed by atoms with Crippen LogP contribution in [0.1, 0.15) is 88.0 Å². The summed E-state index contributed by atoms with van der Waals surface area (Å²) in [5, 5.41) is 20.3. The van der Waals surface area contributed by atoms with Crippen molar-refractivity contribution in [2.45, 2.75) is 101 Å². The van der Waals surface area contributed by atoms with Crippen LogP contribution in [0.25, 0.3) is 22.0 Å². The van der Waals surface area contributed by atoms with Crippen LogP contribution in [-0.2, 0) is 51.5 Å². The van der Waals surface area contributed by atoms with E-state index in [2.05, 4.69) is 20.7 Å². The lowest BCUT2D eigenvalue weighted by Gasteiger charge is -2.24. The highest BCUT2D eigenvalue weighted by molar-refractivity contribution is 7.89. The topological polar surface area (TPSA) is 251 Å². The van der Waals surface area contributed by atoms with Crippen molar-refractivity contribution in [3.63, 3.8) is 0 Å². The van der Waals surface area contributed by atoms with Gasteiger partial charge < -0.3 is 25.4 Å². The molecule has 0 unspecified atom stereocenters. The summed E-state index contributed by atoms with van der Waals surface area (Å²) in [5.41, 5.74) is 4.46. The van der Waals surface area contributed by atoms with Crippen LogP contribution >= 0.6 is 0 Å². The smallest absolute Gasteiger partial charge is 0.419 e. The van der Waals surface area contributed by atoms with Crippen molar-refractivity contribution in [2.75, 3.05) is 20.2 Å². The Bertz CT molecular complexity index is 3220. The quantitative estimate of drug-likeness (QED) is 0.0253. The van der Waals surface area contributed by atoms with Crippen molar-refractivity contribution in [1.82, 2.24) is 25.2 Å². The summed E-state index contributed by atoms with van der Waals surface area (Å²) in [6.45, 7) is 6.62. The van der Waals surface area contributed by atoms with E-state index in [-0.39, 0.29) is 57.6 Å². The first kappa shape index (κ1) is 56.7. The number of carbonyl (C=O) groups is 6. The number of nitro benzene ring substituents is 1. The molecule has 0 saturated heterocycles. The van der Waals surface area contributed by atoms with Crippen LogP contribution in [0, 0.1) is 22.0 Å². The largest absolute Gasteiger partial charge is 0.449 e. The number of Topliss-reactive ketones (excluding diaryl/α,β-unsaturated/α-hetero) is 2. The molecule has 404 valence electrons. The van der Waals surface area contributed by atoms with Gasteiger partial charge in [0.05, 0.1) is 22.5 Å². The van der Waals surface area contributed by atoms with E-state index in [1.807, 2.05) is 48.5 Å². The zero-order chi connectivity index (χ0) is 55.4. The second-order valence-electron chi connectivity index (χ2n) is 20.1. The van der Waals surface area contributed by atoms with Gasteiger partial charge in [-0.1, -0.05) is 116 Å². The van der Waals surface area contributed by atoms with Crippen LogP contribution in [0.3, 0.4) is 0 Å². The van der Waals surface area contributed by atoms with Crippen LogP contribution in [0.2, 0.25) is 0 Å². The SMILES string of the molecule is CNC(=O)[C@H](CCCCNS(=O)(=O)c1ccccc1[N+](=O)[O-])CC(=O)[C@@H](Cc1ccccc1)NC(=O)[C@@H](CC(=O)[C@H](C)NC(=O)OCC1c2ccccc2-c2ccccc21)Cc1cn(C(=O)OC(C)(C)C)c2ccccc12. The third-order valence-corrected chi connectivity index (χ3v) is 15.0. The third-order valence-electron chi connectivity index (χ3n) is 13.5. The van der Waals surface area contributed by atoms with E-state index >= 15 is 0 Å². The lowest BCUT2D eigenvalue weighted by molar-refractivity contribution is -0.387. The standard InChI is InChI=1S/C58H64N6O12S/c1-37(61-56(69)75-36-47-45-25-11-9-23-43(45)44-24-10-12-26-46(44)47)51(65)34-40(32-41-35-63(57(70)76-58(2,3)4)49-27-14-13-22-42(41)49)55(68)62-48(31-38-19-7-6-8-20-38)52(66)33-39(54(67)59-5)21-17-18-30-60-77(73,74)53-29-16-15-28-50(53)64(71)72/h6-16,19-20,22-29,35,37,39-40,47-48,60H,17-18,21,30-34,36H2,1-5H3,(H,59,67)(H,61,69)(H,62,68)/t37-,39+,40+,48+/m0/s1. The van der Waals surface area contributed by atoms with E-state index in [4.69, 9.17) is 9.47 Å². The Morgan fingerprint density at radius 1 is 0.727 bits per heavy atom. The molecule has 7 rings (SSSR count). The number of ether oxygens (including phenoxy) is 2. The number of hydrogen-bond donors (Lipinski definition) is 4. The average Bonchev–Trinajstić information content (AvgIpc) is 3.97. The van der Waals surface area contributed by atoms with Crippen molar-refractivity contribution >= 4 is 62.2 Å². The number of para-hydroxylation sites is 2. The number of nitrogens with zero attached hydrogens (tertiary/aromatic N) is 2. The molecule has 3 amide bonds. The Morgan fingerprint density at radius 2 is 1.34 bits per heavy atom. The summed E-state index contributed by atoms with van der Waals surface area (Å²) >= 11 is 0. The van der Waals surface area contributed by atoms with Gasteiger partial charge in [0.25, 0.3) is 5.69 Å². The van der Waals surface area contributed by atoms with Crippen LogP contribution < -0.4 is 20.7 Å². The van der Waals surface area contributed by atoms with Crippen molar-refractivity contribution in [1.29, 1.82) is 0 Å². The van der Waals surface area contributed by atoms with Gasteiger partial charge in [-0.25, -0.2) is 22.7 Å². The maximum absolute atomic E-state index is 14.9. The van der Waals surface area contributed by atoms with Crippen molar-refractivity contribution in [2.24, 2.45) is 11.8 Å². The van der Waals surface area contributed by atoms with E-state index in [9.17, 15) is 47.3 Å². The molecule has 77 heavy (non-hydrogen) atoms. The van der Waals surface area contributed by atoms with Crippen molar-refractivity contribution in [3.05, 3.63) is 166 Å². The van der Waals surface area contributed by atoms with Crippen LogP contribution in [-0.4, -0.2) is 91.4 Å². The maximum Gasteiger partial charge on any atom is 0.419 e. The summed E-state index contributed by atoms with van der Waals surface area (Å²) in [4.78, 5) is 94.3. The molecule has 1 aliphatic carbocycles. The molecule has 0 bridgehead atoms. The lowest BCUT2D eigenvalue weighted by Crippen LogP contribution is -2.48. The molecule has 5 aromatic carbocycles. The molecule has 0 radical (unpaired) electrons. The number of hydrogen-bond acceptors (Lipinski definition) is 12. The number of fused-ring (bicyclic) bond motifs is 4. The molecule has 0 fully saturated rings. The first-order valence-corrected chi connectivity index (χ1v) is 27.0. The molecule has 1 aromatic heterocycles. The second-order valence-corrected chi connectivity index (χ2v) is 21.9. The highest BCUT2D eigenvalue weighted by Crippen LogP contribution is 2.44. The number of aromatic nitrogens is 1. The van der Waals surface area contributed by atoms with E-state index < -0.39 is 97.0 Å². The molecule has 4 atom stereocenters. The minimum Gasteiger partial charge on any atom is -0.449 e. The minimum absolute atomic E-state index is 0.00982. The molecule has 0 aliphatic heterocycles. The number of amides is 3. The first-order valence-electron chi connectivity index (χ1n) is 25.5. The van der Waals surface area contributed by atoms with E-state index in [0.717, 1.165) is 34.4 Å². The van der Waals surface area contributed by atoms with E-state index in [0.29, 0.717) is 22.0 Å². The van der Waals surface area contributed by atoms with Gasteiger partial charge in [-0.05, 0) is 98.9 Å². The number of carbonyl (C=O) groups excluding carboxylic acids is 6. The Labute approximate surface area is 447 Å². The van der Waals surface area contributed by atoms with Crippen LogP contribution in [0.15, 0.2) is 138 Å². The van der Waals surface area contributed by atoms with Gasteiger partial charge in [-0.15, -0.1) is 0 Å². The zero-order valence-corrected chi connectivity index (χ0v) is 44.5. The molecule has 0 saturated carbocycles. The molecule has 6 aromatic rings. The second kappa shape index (κ2) is 25.2. The van der Waals surface area contributed by atoms with Crippen molar-refractivity contribution < 1.29 is 51.6 Å². The minimum atomic E-state index is -4.25. The van der Waals surface area contributed by atoms with E-state index in [1.165, 1.54) is 30.7 Å². The Kier molecular flexibility index (Phi) is 18.6. The summed E-state index contributed by atoms with van der Waals surface area (Å²) in [6, 6.07) is 34.4. The normalized spacial score (nSPS) is 13.8. The average molecular weight is 1070 g/mol. The number of alkyl carbamates (subject to hydrolysis) is 1. The number of unbranched alkanes of at least 4 members (excludes halogenated alkanes) is 1. The summed E-state index contributed by atoms with van der Waals surface area (Å²) < 4.78 is 41.2. The van der Waals surface area contributed by atoms with Crippen LogP contribution in [0.4, 0.5) is 15.3 Å². The van der Waals surface area contributed by atoms with Crippen molar-refractivity contribution in [3.8, 4) is 11.1 Å². The van der Waals surface area contributed by atoms with Crippen LogP contribution in [0.5, 0.6) is 0 Å². The molecule has 4 N–H and O–H groups in total. The zero-order valence-electron chi connectivity index (χ0n) is 43.7. The summed E-state index contributed by atoms with van der Waals surface area (Å²) in [6.07, 6.45) is -0.0338. The van der Waals surface area contributed by atoms with E-state index in [1.54, 1.807) is 81.6 Å². The van der Waals surface area contributed by atoms with Gasteiger partial charge in [0, 0.05) is 61.8 Å². The Balaban J connectivity index is 1.09. The number of nitrogens with one attached hydrogen (secondary N) is 4. The molecule has 1 heterocycles. The fourth-order valence-electron chi connectivity index (χ4n) is 9.65. The number of rotatable bonds is 24. The Hall–Kier alpha value is -8.03. The molecule has 0 spiro atoms.